The lowest BCUT2D eigenvalue weighted by molar-refractivity contribution is -0.203. The summed E-state index contributed by atoms with van der Waals surface area (Å²) in [7, 11) is 0. The Balaban J connectivity index is 0.000000212. The molecule has 0 aromatic rings. The Bertz CT molecular complexity index is 1630. The Morgan fingerprint density at radius 1 is 0.585 bits per heavy atom. The minimum absolute atomic E-state index is 0. The average Bonchev–Trinajstić information content (AvgIpc) is 3.81. The molecule has 8 heteroatoms. The Morgan fingerprint density at radius 2 is 1.02 bits per heavy atom. The summed E-state index contributed by atoms with van der Waals surface area (Å²) in [5.41, 5.74) is 1.000. The highest BCUT2D eigenvalue weighted by Crippen LogP contribution is 2.71. The number of carbonyl (C=O) groups excluding carboxylic acids is 2. The van der Waals surface area contributed by atoms with Crippen molar-refractivity contribution in [1.82, 2.24) is 0 Å². The van der Waals surface area contributed by atoms with E-state index in [9.17, 15) is 30.0 Å². The number of hydrogen-bond acceptors (Lipinski definition) is 8. The molecule has 8 saturated carbocycles. The van der Waals surface area contributed by atoms with Crippen molar-refractivity contribution in [2.24, 2.45) is 105 Å². The molecule has 0 amide bonds. The first kappa shape index (κ1) is 52.9. The predicted molar refractivity (Wildman–Crippen MR) is 260 cm³/mol. The van der Waals surface area contributed by atoms with E-state index in [0.717, 1.165) is 57.8 Å². The van der Waals surface area contributed by atoms with E-state index in [4.69, 9.17) is 9.47 Å². The van der Waals surface area contributed by atoms with Gasteiger partial charge >= 0.3 is 11.9 Å². The van der Waals surface area contributed by atoms with Gasteiger partial charge in [-0.1, -0.05) is 81.7 Å². The molecule has 4 N–H and O–H groups in total. The molecule has 0 spiro atoms. The minimum atomic E-state index is -0.248. The summed E-state index contributed by atoms with van der Waals surface area (Å²) in [6.07, 6.45) is 21.8. The maximum atomic E-state index is 11.9. The summed E-state index contributed by atoms with van der Waals surface area (Å²) in [5.74, 6) is 6.33. The van der Waals surface area contributed by atoms with Crippen LogP contribution in [-0.4, -0.2) is 70.0 Å². The monoisotopic (exact) mass is 911 g/mol. The number of allylic oxidation sites excluding steroid dienone is 1. The standard InChI is InChI=1S/C28H48O4.C28H46O4.CH4/c2*1-6-19-23-16-18(29)12-14-28(23,5)22-13-15-27(4)20(9-10-21(27)25(22)26(19)31)17(3)8-11-24(30)32-7-2;/h17-23,25-26,29,31H,6-16H2,1-5H3;8,11,17-23,25-26,29,31H,6-7,9-10,12-16H2,1-5H3;1H4/b;11-8+;/t2*17-,18-,19-,20-,21?,22?,23+,25?,26-,27-,28-;/m11./s1. The highest BCUT2D eigenvalue weighted by atomic mass is 16.5. The summed E-state index contributed by atoms with van der Waals surface area (Å²) in [4.78, 5) is 23.8. The SMILES string of the molecule is C.CCOC(=O)/C=C/[C@@H](C)[C@H]1CCC2C3C(CC[C@@]21C)[C@@]1(C)CC[C@@H](O)C[C@H]1[C@@H](CC)[C@H]3O.CCOC(=O)CC[C@@H](C)[C@H]1CCC2C3C(CC[C@@]21C)[C@@]1(C)CC[C@@H](O)C[C@H]1[C@@H](CC)[C@H]3O. The van der Waals surface area contributed by atoms with E-state index in [1.54, 1.807) is 6.08 Å². The molecule has 22 atom stereocenters. The molecule has 0 aromatic carbocycles. The second-order valence-corrected chi connectivity index (χ2v) is 24.5. The lowest BCUT2D eigenvalue weighted by Gasteiger charge is -2.64. The summed E-state index contributed by atoms with van der Waals surface area (Å²) in [6.45, 7) is 23.7. The molecule has 0 aliphatic heterocycles. The van der Waals surface area contributed by atoms with Gasteiger partial charge in [-0.25, -0.2) is 4.79 Å². The first-order chi connectivity index (χ1) is 30.3. The Labute approximate surface area is 396 Å². The zero-order chi connectivity index (χ0) is 46.5. The predicted octanol–water partition coefficient (Wildman–Crippen LogP) is 11.6. The molecular formula is C57H98O8. The van der Waals surface area contributed by atoms with Gasteiger partial charge in [0.05, 0.1) is 37.6 Å². The number of aliphatic hydroxyl groups is 4. The number of rotatable bonds is 11. The second kappa shape index (κ2) is 20.9. The molecule has 8 rings (SSSR count). The van der Waals surface area contributed by atoms with Gasteiger partial charge < -0.3 is 29.9 Å². The van der Waals surface area contributed by atoms with Gasteiger partial charge in [-0.15, -0.1) is 0 Å². The van der Waals surface area contributed by atoms with E-state index in [1.807, 2.05) is 13.8 Å². The smallest absolute Gasteiger partial charge is 0.330 e. The van der Waals surface area contributed by atoms with Gasteiger partial charge in [0.1, 0.15) is 0 Å². The molecule has 0 aromatic heterocycles. The molecule has 8 fully saturated rings. The van der Waals surface area contributed by atoms with E-state index in [-0.39, 0.29) is 65.4 Å². The Morgan fingerprint density at radius 3 is 1.48 bits per heavy atom. The molecule has 0 radical (unpaired) electrons. The van der Waals surface area contributed by atoms with Gasteiger partial charge in [0, 0.05) is 12.5 Å². The highest BCUT2D eigenvalue weighted by Gasteiger charge is 2.66. The summed E-state index contributed by atoms with van der Waals surface area (Å²) in [6, 6.07) is 0. The normalized spacial score (nSPS) is 48.3. The van der Waals surface area contributed by atoms with E-state index in [0.29, 0.717) is 102 Å². The summed E-state index contributed by atoms with van der Waals surface area (Å²) in [5, 5.41) is 44.5. The number of esters is 2. The van der Waals surface area contributed by atoms with Gasteiger partial charge in [-0.3, -0.25) is 4.79 Å². The Kier molecular flexibility index (Phi) is 17.0. The van der Waals surface area contributed by atoms with Crippen LogP contribution in [0.1, 0.15) is 192 Å². The van der Waals surface area contributed by atoms with Crippen LogP contribution in [0.5, 0.6) is 0 Å². The lowest BCUT2D eigenvalue weighted by Crippen LogP contribution is -2.62. The van der Waals surface area contributed by atoms with Gasteiger partial charge in [-0.2, -0.15) is 0 Å². The van der Waals surface area contributed by atoms with Crippen LogP contribution in [0.3, 0.4) is 0 Å². The average molecular weight is 911 g/mol. The molecule has 0 saturated heterocycles. The third kappa shape index (κ3) is 9.35. The number of fused-ring (bicyclic) bond motifs is 10. The van der Waals surface area contributed by atoms with Crippen molar-refractivity contribution in [1.29, 1.82) is 0 Å². The van der Waals surface area contributed by atoms with Crippen molar-refractivity contribution in [2.45, 2.75) is 217 Å². The van der Waals surface area contributed by atoms with E-state index in [1.165, 1.54) is 51.4 Å². The van der Waals surface area contributed by atoms with Crippen molar-refractivity contribution < 1.29 is 39.5 Å². The third-order valence-electron chi connectivity index (χ3n) is 22.2. The van der Waals surface area contributed by atoms with Crippen LogP contribution in [-0.2, 0) is 19.1 Å². The molecule has 8 aliphatic carbocycles. The van der Waals surface area contributed by atoms with Crippen molar-refractivity contribution >= 4 is 11.9 Å². The van der Waals surface area contributed by atoms with Crippen LogP contribution < -0.4 is 0 Å². The fraction of sp³-hybridized carbons (Fsp3) is 0.930. The van der Waals surface area contributed by atoms with Gasteiger partial charge in [0.25, 0.3) is 0 Å². The molecular weight excluding hydrogens is 813 g/mol. The van der Waals surface area contributed by atoms with Gasteiger partial charge in [-0.05, 0) is 215 Å². The number of hydrogen-bond donors (Lipinski definition) is 4. The quantitative estimate of drug-likeness (QED) is 0.119. The molecule has 0 bridgehead atoms. The van der Waals surface area contributed by atoms with Gasteiger partial charge in [0.2, 0.25) is 0 Å². The largest absolute Gasteiger partial charge is 0.466 e. The maximum Gasteiger partial charge on any atom is 0.330 e. The Hall–Kier alpha value is -1.48. The second-order valence-electron chi connectivity index (χ2n) is 24.5. The molecule has 374 valence electrons. The minimum Gasteiger partial charge on any atom is -0.466 e. The van der Waals surface area contributed by atoms with Crippen LogP contribution >= 0.6 is 0 Å². The lowest BCUT2D eigenvalue weighted by atomic mass is 9.41. The van der Waals surface area contributed by atoms with Crippen LogP contribution in [0.15, 0.2) is 12.2 Å². The molecule has 0 heterocycles. The fourth-order valence-electron chi connectivity index (χ4n) is 19.1. The highest BCUT2D eigenvalue weighted by molar-refractivity contribution is 5.81. The van der Waals surface area contributed by atoms with Crippen molar-refractivity contribution in [3.05, 3.63) is 12.2 Å². The first-order valence-electron chi connectivity index (χ1n) is 27.1. The zero-order valence-corrected chi connectivity index (χ0v) is 42.1. The van der Waals surface area contributed by atoms with Gasteiger partial charge in [0.15, 0.2) is 0 Å². The maximum absolute atomic E-state index is 11.9. The summed E-state index contributed by atoms with van der Waals surface area (Å²) >= 11 is 0. The number of carbonyl (C=O) groups is 2. The van der Waals surface area contributed by atoms with E-state index < -0.39 is 0 Å². The van der Waals surface area contributed by atoms with Crippen LogP contribution in [0, 0.1) is 105 Å². The molecule has 6 unspecified atom stereocenters. The first-order valence-corrected chi connectivity index (χ1v) is 27.1. The van der Waals surface area contributed by atoms with Crippen molar-refractivity contribution in [3.8, 4) is 0 Å². The van der Waals surface area contributed by atoms with Crippen LogP contribution in [0.25, 0.3) is 0 Å². The molecule has 8 nitrogen and oxygen atoms in total. The van der Waals surface area contributed by atoms with E-state index >= 15 is 0 Å². The van der Waals surface area contributed by atoms with Crippen LogP contribution in [0.4, 0.5) is 0 Å². The zero-order valence-electron chi connectivity index (χ0n) is 42.1. The van der Waals surface area contributed by atoms with E-state index in [2.05, 4.69) is 61.5 Å². The van der Waals surface area contributed by atoms with Crippen molar-refractivity contribution in [2.75, 3.05) is 13.2 Å². The third-order valence-corrected chi connectivity index (χ3v) is 22.2. The fourth-order valence-corrected chi connectivity index (χ4v) is 19.1. The van der Waals surface area contributed by atoms with Crippen molar-refractivity contribution in [3.63, 3.8) is 0 Å². The van der Waals surface area contributed by atoms with Crippen LogP contribution in [0.2, 0.25) is 0 Å². The summed E-state index contributed by atoms with van der Waals surface area (Å²) < 4.78 is 10.3. The number of ether oxygens (including phenoxy) is 2. The molecule has 8 aliphatic rings. The molecule has 65 heavy (non-hydrogen) atoms. The topological polar surface area (TPSA) is 134 Å². The number of aliphatic hydroxyl groups excluding tert-OH is 4.